The summed E-state index contributed by atoms with van der Waals surface area (Å²) in [5.41, 5.74) is 2.44. The van der Waals surface area contributed by atoms with Gasteiger partial charge < -0.3 is 15.3 Å². The lowest BCUT2D eigenvalue weighted by Crippen LogP contribution is -2.07. The molecule has 4 heteroatoms. The first-order valence-electron chi connectivity index (χ1n) is 7.91. The van der Waals surface area contributed by atoms with Gasteiger partial charge in [-0.2, -0.15) is 0 Å². The van der Waals surface area contributed by atoms with Crippen LogP contribution in [0.2, 0.25) is 0 Å². The number of hydrogen-bond donors (Lipinski definition) is 3. The third-order valence-corrected chi connectivity index (χ3v) is 4.07. The zero-order valence-electron chi connectivity index (χ0n) is 13.5. The molecule has 0 aromatic heterocycles. The molecule has 0 radical (unpaired) electrons. The van der Waals surface area contributed by atoms with Crippen molar-refractivity contribution in [1.82, 2.24) is 0 Å². The molecule has 2 rings (SSSR count). The van der Waals surface area contributed by atoms with Crippen molar-refractivity contribution < 1.29 is 20.1 Å². The second-order valence-electron chi connectivity index (χ2n) is 5.53. The van der Waals surface area contributed by atoms with Crippen LogP contribution in [-0.4, -0.2) is 21.3 Å². The van der Waals surface area contributed by atoms with Crippen LogP contribution in [0.5, 0.6) is 11.5 Å². The van der Waals surface area contributed by atoms with E-state index in [2.05, 4.69) is 0 Å². The fraction of sp³-hybridized carbons (Fsp3) is 0.316. The Kier molecular flexibility index (Phi) is 5.27. The molecule has 0 unspecified atom stereocenters. The normalized spacial score (nSPS) is 10.7. The molecule has 0 aliphatic heterocycles. The first-order chi connectivity index (χ1) is 11.0. The minimum atomic E-state index is -1.24. The molecule has 2 aromatic carbocycles. The molecule has 0 heterocycles. The van der Waals surface area contributed by atoms with Gasteiger partial charge in [-0.25, -0.2) is 4.79 Å². The first-order valence-corrected chi connectivity index (χ1v) is 7.91. The van der Waals surface area contributed by atoms with Crippen molar-refractivity contribution in [1.29, 1.82) is 0 Å². The number of benzene rings is 2. The Hall–Kier alpha value is -2.49. The molecule has 23 heavy (non-hydrogen) atoms. The van der Waals surface area contributed by atoms with Crippen LogP contribution in [0.15, 0.2) is 30.3 Å². The van der Waals surface area contributed by atoms with Crippen LogP contribution in [0.1, 0.15) is 48.2 Å². The van der Waals surface area contributed by atoms with Gasteiger partial charge in [-0.15, -0.1) is 0 Å². The summed E-state index contributed by atoms with van der Waals surface area (Å²) < 4.78 is 0. The molecular weight excluding hydrogens is 292 g/mol. The van der Waals surface area contributed by atoms with Gasteiger partial charge in [0, 0.05) is 11.1 Å². The lowest BCUT2D eigenvalue weighted by Gasteiger charge is -2.20. The summed E-state index contributed by atoms with van der Waals surface area (Å²) in [7, 11) is 0. The molecule has 2 aromatic rings. The molecule has 0 spiro atoms. The number of phenolic OH excluding ortho intramolecular Hbond substituents is 1. The molecule has 4 nitrogen and oxygen atoms in total. The Morgan fingerprint density at radius 2 is 1.65 bits per heavy atom. The number of carboxylic acids is 1. The summed E-state index contributed by atoms with van der Waals surface area (Å²) in [4.78, 5) is 11.7. The Balaban J connectivity index is 2.84. The summed E-state index contributed by atoms with van der Waals surface area (Å²) in [6, 6.07) is 9.15. The highest BCUT2D eigenvalue weighted by Gasteiger charge is 2.27. The maximum Gasteiger partial charge on any atom is 0.340 e. The molecule has 0 atom stereocenters. The van der Waals surface area contributed by atoms with Gasteiger partial charge in [0.15, 0.2) is 11.5 Å². The van der Waals surface area contributed by atoms with Gasteiger partial charge in [-0.05, 0) is 30.4 Å². The lowest BCUT2D eigenvalue weighted by atomic mass is 9.86. The zero-order valence-corrected chi connectivity index (χ0v) is 13.5. The highest BCUT2D eigenvalue weighted by molar-refractivity contribution is 6.01. The van der Waals surface area contributed by atoms with Gasteiger partial charge in [-0.3, -0.25) is 0 Å². The third kappa shape index (κ3) is 3.16. The lowest BCUT2D eigenvalue weighted by molar-refractivity contribution is 0.0693. The topological polar surface area (TPSA) is 77.8 Å². The number of aromatic hydroxyl groups is 2. The maximum atomic E-state index is 11.7. The Bertz CT molecular complexity index is 705. The number of aromatic carboxylic acids is 1. The highest BCUT2D eigenvalue weighted by Crippen LogP contribution is 2.44. The molecule has 0 amide bonds. The van der Waals surface area contributed by atoms with E-state index in [9.17, 15) is 20.1 Å². The number of rotatable bonds is 6. The molecular formula is C19H22O4. The molecule has 0 aliphatic carbocycles. The van der Waals surface area contributed by atoms with Crippen molar-refractivity contribution in [3.63, 3.8) is 0 Å². The summed E-state index contributed by atoms with van der Waals surface area (Å²) in [6.07, 6.45) is 3.00. The summed E-state index contributed by atoms with van der Waals surface area (Å²) >= 11 is 0. The molecule has 0 saturated heterocycles. The van der Waals surface area contributed by atoms with Crippen molar-refractivity contribution in [3.8, 4) is 22.6 Å². The summed E-state index contributed by atoms with van der Waals surface area (Å²) in [5.74, 6) is -2.08. The van der Waals surface area contributed by atoms with Gasteiger partial charge in [0.05, 0.1) is 0 Å². The second kappa shape index (κ2) is 7.18. The second-order valence-corrected chi connectivity index (χ2v) is 5.53. The Morgan fingerprint density at radius 3 is 2.17 bits per heavy atom. The quantitative estimate of drug-likeness (QED) is 0.692. The predicted molar refractivity (Wildman–Crippen MR) is 90.2 cm³/mol. The van der Waals surface area contributed by atoms with Crippen LogP contribution in [0.25, 0.3) is 11.1 Å². The van der Waals surface area contributed by atoms with E-state index in [1.807, 2.05) is 44.2 Å². The van der Waals surface area contributed by atoms with Crippen LogP contribution in [0, 0.1) is 0 Å². The molecule has 0 aliphatic rings. The Labute approximate surface area is 136 Å². The van der Waals surface area contributed by atoms with E-state index in [0.717, 1.165) is 24.0 Å². The van der Waals surface area contributed by atoms with E-state index < -0.39 is 11.7 Å². The van der Waals surface area contributed by atoms with E-state index in [1.165, 1.54) is 0 Å². The zero-order chi connectivity index (χ0) is 17.0. The molecule has 3 N–H and O–H groups in total. The number of phenols is 2. The Morgan fingerprint density at radius 1 is 1.00 bits per heavy atom. The largest absolute Gasteiger partial charge is 0.504 e. The van der Waals surface area contributed by atoms with Gasteiger partial charge >= 0.3 is 5.97 Å². The molecule has 0 fully saturated rings. The highest BCUT2D eigenvalue weighted by atomic mass is 16.4. The van der Waals surface area contributed by atoms with Crippen molar-refractivity contribution >= 4 is 5.97 Å². The fourth-order valence-corrected chi connectivity index (χ4v) is 2.97. The predicted octanol–water partition coefficient (Wildman–Crippen LogP) is 4.37. The number of hydrogen-bond acceptors (Lipinski definition) is 3. The molecule has 0 saturated carbocycles. The van der Waals surface area contributed by atoms with E-state index in [1.54, 1.807) is 0 Å². The van der Waals surface area contributed by atoms with Crippen LogP contribution in [0.4, 0.5) is 0 Å². The van der Waals surface area contributed by atoms with E-state index in [0.29, 0.717) is 24.0 Å². The first kappa shape index (κ1) is 16.9. The van der Waals surface area contributed by atoms with Crippen molar-refractivity contribution in [2.75, 3.05) is 0 Å². The third-order valence-electron chi connectivity index (χ3n) is 4.07. The van der Waals surface area contributed by atoms with Gasteiger partial charge in [0.2, 0.25) is 0 Å². The van der Waals surface area contributed by atoms with Crippen molar-refractivity contribution in [2.45, 2.75) is 39.5 Å². The summed E-state index contributed by atoms with van der Waals surface area (Å²) in [6.45, 7) is 3.98. The average Bonchev–Trinajstić information content (AvgIpc) is 2.56. The van der Waals surface area contributed by atoms with Crippen LogP contribution in [-0.2, 0) is 12.8 Å². The standard InChI is InChI=1S/C19H22O4/c1-3-5-11-14-13(4-2)15(12-9-7-6-8-10-12)16(19(22)23)18(21)17(14)20/h6-10,20-21H,3-5,11H2,1-2H3,(H,22,23). The monoisotopic (exact) mass is 314 g/mol. The van der Waals surface area contributed by atoms with Gasteiger partial charge in [-0.1, -0.05) is 50.6 Å². The van der Waals surface area contributed by atoms with Crippen molar-refractivity contribution in [2.24, 2.45) is 0 Å². The number of carboxylic acid groups (broad SMARTS) is 1. The number of unbranched alkanes of at least 4 members (excludes halogenated alkanes) is 1. The van der Waals surface area contributed by atoms with E-state index in [4.69, 9.17) is 0 Å². The average molecular weight is 314 g/mol. The smallest absolute Gasteiger partial charge is 0.340 e. The van der Waals surface area contributed by atoms with E-state index in [-0.39, 0.29) is 11.3 Å². The minimum Gasteiger partial charge on any atom is -0.504 e. The number of carbonyl (C=O) groups is 1. The molecule has 122 valence electrons. The fourth-order valence-electron chi connectivity index (χ4n) is 2.97. The maximum absolute atomic E-state index is 11.7. The van der Waals surface area contributed by atoms with Gasteiger partial charge in [0.1, 0.15) is 5.56 Å². The van der Waals surface area contributed by atoms with Crippen LogP contribution in [0.3, 0.4) is 0 Å². The van der Waals surface area contributed by atoms with Crippen molar-refractivity contribution in [3.05, 3.63) is 47.0 Å². The van der Waals surface area contributed by atoms with Gasteiger partial charge in [0.25, 0.3) is 0 Å². The minimum absolute atomic E-state index is 0.231. The van der Waals surface area contributed by atoms with Crippen LogP contribution >= 0.6 is 0 Å². The van der Waals surface area contributed by atoms with Crippen LogP contribution < -0.4 is 0 Å². The van der Waals surface area contributed by atoms with E-state index >= 15 is 0 Å². The SMILES string of the molecule is CCCCc1c(O)c(O)c(C(=O)O)c(-c2ccccc2)c1CC. The molecule has 0 bridgehead atoms. The summed E-state index contributed by atoms with van der Waals surface area (Å²) in [5, 5.41) is 30.2.